The zero-order chi connectivity index (χ0) is 10.1. The second-order valence-corrected chi connectivity index (χ2v) is 4.08. The first-order valence-electron chi connectivity index (χ1n) is 4.38. The van der Waals surface area contributed by atoms with Gasteiger partial charge < -0.3 is 4.98 Å². The van der Waals surface area contributed by atoms with E-state index in [1.165, 1.54) is 10.5 Å². The Hall–Kier alpha value is -1.22. The van der Waals surface area contributed by atoms with Gasteiger partial charge in [0.25, 0.3) is 0 Å². The van der Waals surface area contributed by atoms with E-state index in [2.05, 4.69) is 24.2 Å². The van der Waals surface area contributed by atoms with Gasteiger partial charge in [0.2, 0.25) is 5.56 Å². The minimum absolute atomic E-state index is 0.0474. The number of benzene rings is 1. The Morgan fingerprint density at radius 1 is 1.29 bits per heavy atom. The van der Waals surface area contributed by atoms with Crippen molar-refractivity contribution in [3.8, 4) is 0 Å². The van der Waals surface area contributed by atoms with Crippen LogP contribution in [0.1, 0.15) is 5.56 Å². The van der Waals surface area contributed by atoms with Crippen molar-refractivity contribution in [2.45, 2.75) is 11.8 Å². The number of nitrogens with one attached hydrogen (secondary N) is 1. The molecule has 0 fully saturated rings. The lowest BCUT2D eigenvalue weighted by Gasteiger charge is -2.04. The third kappa shape index (κ3) is 1.55. The molecule has 0 saturated heterocycles. The fraction of sp³-hybridized carbons (Fsp3) is 0.182. The Balaban J connectivity index is 2.79. The van der Waals surface area contributed by atoms with Gasteiger partial charge in [-0.2, -0.15) is 0 Å². The molecule has 0 bridgehead atoms. The molecule has 2 rings (SSSR count). The van der Waals surface area contributed by atoms with Crippen LogP contribution in [-0.4, -0.2) is 11.2 Å². The average molecular weight is 205 g/mol. The third-order valence-corrected chi connectivity index (χ3v) is 3.12. The standard InChI is InChI=1S/C11H11NOS/c1-7-5-9-8(6-10(7)14-2)3-4-11(13)12-9/h3-6H,1-2H3,(H,12,13). The highest BCUT2D eigenvalue weighted by Crippen LogP contribution is 2.24. The Labute approximate surface area is 86.3 Å². The summed E-state index contributed by atoms with van der Waals surface area (Å²) in [6.45, 7) is 2.05. The lowest BCUT2D eigenvalue weighted by atomic mass is 10.1. The molecule has 2 aromatic rings. The van der Waals surface area contributed by atoms with Crippen molar-refractivity contribution in [1.82, 2.24) is 4.98 Å². The van der Waals surface area contributed by atoms with E-state index in [0.29, 0.717) is 0 Å². The third-order valence-electron chi connectivity index (χ3n) is 2.24. The molecule has 0 unspecified atom stereocenters. The molecule has 0 amide bonds. The lowest BCUT2D eigenvalue weighted by Crippen LogP contribution is -2.02. The van der Waals surface area contributed by atoms with Crippen LogP contribution >= 0.6 is 11.8 Å². The second-order valence-electron chi connectivity index (χ2n) is 3.23. The van der Waals surface area contributed by atoms with Crippen LogP contribution in [0, 0.1) is 6.92 Å². The van der Waals surface area contributed by atoms with Gasteiger partial charge in [0.05, 0.1) is 0 Å². The molecule has 0 aliphatic carbocycles. The lowest BCUT2D eigenvalue weighted by molar-refractivity contribution is 1.26. The zero-order valence-electron chi connectivity index (χ0n) is 8.13. The number of hydrogen-bond acceptors (Lipinski definition) is 2. The van der Waals surface area contributed by atoms with Gasteiger partial charge in [-0.1, -0.05) is 0 Å². The van der Waals surface area contributed by atoms with Crippen molar-refractivity contribution in [3.05, 3.63) is 40.2 Å². The fourth-order valence-corrected chi connectivity index (χ4v) is 2.14. The topological polar surface area (TPSA) is 32.9 Å². The number of aromatic nitrogens is 1. The van der Waals surface area contributed by atoms with Crippen LogP contribution in [0.5, 0.6) is 0 Å². The minimum Gasteiger partial charge on any atom is -0.322 e. The number of aryl methyl sites for hydroxylation is 1. The van der Waals surface area contributed by atoms with Crippen LogP contribution in [0.4, 0.5) is 0 Å². The molecule has 72 valence electrons. The Morgan fingerprint density at radius 2 is 2.07 bits per heavy atom. The smallest absolute Gasteiger partial charge is 0.248 e. The Morgan fingerprint density at radius 3 is 2.79 bits per heavy atom. The average Bonchev–Trinajstić information content (AvgIpc) is 2.16. The number of rotatable bonds is 1. The quantitative estimate of drug-likeness (QED) is 0.726. The van der Waals surface area contributed by atoms with Crippen molar-refractivity contribution in [2.24, 2.45) is 0 Å². The highest BCUT2D eigenvalue weighted by atomic mass is 32.2. The van der Waals surface area contributed by atoms with Crippen molar-refractivity contribution in [1.29, 1.82) is 0 Å². The van der Waals surface area contributed by atoms with Crippen LogP contribution in [0.15, 0.2) is 34.0 Å². The molecule has 1 N–H and O–H groups in total. The highest BCUT2D eigenvalue weighted by Gasteiger charge is 2.00. The molecule has 0 saturated carbocycles. The first kappa shape index (κ1) is 9.34. The van der Waals surface area contributed by atoms with Gasteiger partial charge in [-0.3, -0.25) is 4.79 Å². The molecule has 0 atom stereocenters. The van der Waals surface area contributed by atoms with E-state index in [9.17, 15) is 4.79 Å². The molecule has 2 nitrogen and oxygen atoms in total. The van der Waals surface area contributed by atoms with E-state index < -0.39 is 0 Å². The molecule has 0 radical (unpaired) electrons. The van der Waals surface area contributed by atoms with Gasteiger partial charge in [0.1, 0.15) is 0 Å². The van der Waals surface area contributed by atoms with E-state index in [-0.39, 0.29) is 5.56 Å². The van der Waals surface area contributed by atoms with Gasteiger partial charge in [0, 0.05) is 16.5 Å². The number of thioether (sulfide) groups is 1. The largest absolute Gasteiger partial charge is 0.322 e. The van der Waals surface area contributed by atoms with Crippen LogP contribution in [0.3, 0.4) is 0 Å². The summed E-state index contributed by atoms with van der Waals surface area (Å²) < 4.78 is 0. The predicted molar refractivity (Wildman–Crippen MR) is 61.1 cm³/mol. The second kappa shape index (κ2) is 3.50. The predicted octanol–water partition coefficient (Wildman–Crippen LogP) is 2.56. The maximum absolute atomic E-state index is 11.1. The molecular weight excluding hydrogens is 194 g/mol. The van der Waals surface area contributed by atoms with Crippen molar-refractivity contribution >= 4 is 22.7 Å². The first-order chi connectivity index (χ1) is 6.70. The number of hydrogen-bond donors (Lipinski definition) is 1. The summed E-state index contributed by atoms with van der Waals surface area (Å²) in [4.78, 5) is 15.2. The monoisotopic (exact) mass is 205 g/mol. The highest BCUT2D eigenvalue weighted by molar-refractivity contribution is 7.98. The summed E-state index contributed by atoms with van der Waals surface area (Å²) in [6, 6.07) is 7.53. The Kier molecular flexibility index (Phi) is 2.33. The summed E-state index contributed by atoms with van der Waals surface area (Å²) in [5.74, 6) is 0. The Bertz CT molecular complexity index is 530. The van der Waals surface area contributed by atoms with Crippen molar-refractivity contribution < 1.29 is 0 Å². The van der Waals surface area contributed by atoms with Crippen LogP contribution in [-0.2, 0) is 0 Å². The maximum Gasteiger partial charge on any atom is 0.248 e. The first-order valence-corrected chi connectivity index (χ1v) is 5.61. The summed E-state index contributed by atoms with van der Waals surface area (Å²) in [5, 5.41) is 1.08. The summed E-state index contributed by atoms with van der Waals surface area (Å²) in [7, 11) is 0. The van der Waals surface area contributed by atoms with E-state index in [1.54, 1.807) is 17.8 Å². The van der Waals surface area contributed by atoms with E-state index in [1.807, 2.05) is 12.1 Å². The fourth-order valence-electron chi connectivity index (χ4n) is 1.51. The van der Waals surface area contributed by atoms with Crippen LogP contribution in [0.2, 0.25) is 0 Å². The van der Waals surface area contributed by atoms with Gasteiger partial charge >= 0.3 is 0 Å². The molecule has 3 heteroatoms. The number of aromatic amines is 1. The van der Waals surface area contributed by atoms with Gasteiger partial charge in [-0.05, 0) is 42.3 Å². The maximum atomic E-state index is 11.1. The molecule has 0 aliphatic heterocycles. The minimum atomic E-state index is -0.0474. The van der Waals surface area contributed by atoms with Crippen molar-refractivity contribution in [2.75, 3.05) is 6.26 Å². The van der Waals surface area contributed by atoms with E-state index in [0.717, 1.165) is 10.9 Å². The van der Waals surface area contributed by atoms with Gasteiger partial charge in [-0.25, -0.2) is 0 Å². The molecule has 1 aromatic carbocycles. The zero-order valence-corrected chi connectivity index (χ0v) is 8.94. The molecular formula is C11H11NOS. The molecule has 14 heavy (non-hydrogen) atoms. The SMILES string of the molecule is CSc1cc2ccc(=O)[nH]c2cc1C. The summed E-state index contributed by atoms with van der Waals surface area (Å²) in [6.07, 6.45) is 2.06. The molecule has 0 aliphatic rings. The normalized spacial score (nSPS) is 10.7. The molecule has 0 spiro atoms. The van der Waals surface area contributed by atoms with E-state index >= 15 is 0 Å². The molecule has 1 heterocycles. The van der Waals surface area contributed by atoms with Crippen LogP contribution in [0.25, 0.3) is 10.9 Å². The van der Waals surface area contributed by atoms with Crippen molar-refractivity contribution in [3.63, 3.8) is 0 Å². The van der Waals surface area contributed by atoms with E-state index in [4.69, 9.17) is 0 Å². The molecule has 1 aromatic heterocycles. The summed E-state index contributed by atoms with van der Waals surface area (Å²) >= 11 is 1.72. The number of fused-ring (bicyclic) bond motifs is 1. The number of pyridine rings is 1. The van der Waals surface area contributed by atoms with Gasteiger partial charge in [0.15, 0.2) is 0 Å². The number of H-pyrrole nitrogens is 1. The summed E-state index contributed by atoms with van der Waals surface area (Å²) in [5.41, 5.74) is 2.06. The van der Waals surface area contributed by atoms with Crippen LogP contribution < -0.4 is 5.56 Å². The van der Waals surface area contributed by atoms with Gasteiger partial charge in [-0.15, -0.1) is 11.8 Å².